The summed E-state index contributed by atoms with van der Waals surface area (Å²) in [6.07, 6.45) is 0. The van der Waals surface area contributed by atoms with Crippen molar-refractivity contribution in [1.29, 1.82) is 5.41 Å². The van der Waals surface area contributed by atoms with Crippen molar-refractivity contribution in [2.45, 2.75) is 26.8 Å². The fraction of sp³-hybridized carbons (Fsp3) is 0.462. The second kappa shape index (κ2) is 5.19. The molecule has 1 aromatic rings. The van der Waals surface area contributed by atoms with Crippen LogP contribution in [0.15, 0.2) is 30.3 Å². The van der Waals surface area contributed by atoms with E-state index in [1.807, 2.05) is 30.3 Å². The summed E-state index contributed by atoms with van der Waals surface area (Å²) in [6, 6.07) is 9.86. The Hall–Kier alpha value is -1.55. The molecule has 0 aliphatic heterocycles. The van der Waals surface area contributed by atoms with Crippen LogP contribution in [-0.4, -0.2) is 18.1 Å². The van der Waals surface area contributed by atoms with Crippen LogP contribution >= 0.6 is 0 Å². The molecule has 0 aliphatic carbocycles. The van der Waals surface area contributed by atoms with Gasteiger partial charge in [0.25, 0.3) is 0 Å². The number of hydroxylamine groups is 2. The first-order valence-corrected chi connectivity index (χ1v) is 5.60. The summed E-state index contributed by atoms with van der Waals surface area (Å²) in [7, 11) is 1.53. The number of benzene rings is 1. The van der Waals surface area contributed by atoms with Crippen molar-refractivity contribution in [2.24, 2.45) is 11.1 Å². The average Bonchev–Trinajstić information content (AvgIpc) is 2.24. The van der Waals surface area contributed by atoms with Crippen molar-refractivity contribution in [3.63, 3.8) is 0 Å². The smallest absolute Gasteiger partial charge is 0.213 e. The minimum Gasteiger partial charge on any atom is -0.368 e. The van der Waals surface area contributed by atoms with Crippen LogP contribution in [-0.2, 0) is 4.84 Å². The van der Waals surface area contributed by atoms with Gasteiger partial charge in [-0.3, -0.25) is 10.2 Å². The fourth-order valence-electron chi connectivity index (χ4n) is 1.97. The molecule has 4 nitrogen and oxygen atoms in total. The molecule has 0 spiro atoms. The standard InChI is InChI=1S/C13H21N3O/c1-13(2,3)11(16(17-4)12(14)15)10-8-6-5-7-9-10/h5-9,11H,1-4H3,(H3,14,15). The van der Waals surface area contributed by atoms with Gasteiger partial charge in [-0.15, -0.1) is 0 Å². The van der Waals surface area contributed by atoms with E-state index in [1.165, 1.54) is 12.2 Å². The van der Waals surface area contributed by atoms with Crippen LogP contribution in [0.5, 0.6) is 0 Å². The molecular weight excluding hydrogens is 214 g/mol. The van der Waals surface area contributed by atoms with Crippen LogP contribution in [0, 0.1) is 10.8 Å². The zero-order valence-corrected chi connectivity index (χ0v) is 10.9. The van der Waals surface area contributed by atoms with Crippen molar-refractivity contribution < 1.29 is 4.84 Å². The van der Waals surface area contributed by atoms with Crippen LogP contribution in [0.1, 0.15) is 32.4 Å². The lowest BCUT2D eigenvalue weighted by molar-refractivity contribution is -0.128. The Kier molecular flexibility index (Phi) is 4.12. The van der Waals surface area contributed by atoms with Crippen LogP contribution in [0.3, 0.4) is 0 Å². The Balaban J connectivity index is 3.17. The van der Waals surface area contributed by atoms with Crippen LogP contribution in [0.4, 0.5) is 0 Å². The minimum absolute atomic E-state index is 0.0868. The minimum atomic E-state index is -0.0942. The summed E-state index contributed by atoms with van der Waals surface area (Å²) in [5.74, 6) is -0.0868. The first kappa shape index (κ1) is 13.5. The largest absolute Gasteiger partial charge is 0.368 e. The van der Waals surface area contributed by atoms with Crippen molar-refractivity contribution in [2.75, 3.05) is 7.11 Å². The number of rotatable bonds is 3. The highest BCUT2D eigenvalue weighted by Crippen LogP contribution is 2.37. The second-order valence-corrected chi connectivity index (χ2v) is 5.07. The fourth-order valence-corrected chi connectivity index (χ4v) is 1.97. The molecule has 4 heteroatoms. The van der Waals surface area contributed by atoms with E-state index in [0.29, 0.717) is 0 Å². The van der Waals surface area contributed by atoms with Gasteiger partial charge in [-0.2, -0.15) is 0 Å². The normalized spacial score (nSPS) is 13.2. The van der Waals surface area contributed by atoms with Gasteiger partial charge >= 0.3 is 0 Å². The van der Waals surface area contributed by atoms with E-state index in [2.05, 4.69) is 20.8 Å². The molecule has 0 radical (unpaired) electrons. The summed E-state index contributed by atoms with van der Waals surface area (Å²) >= 11 is 0. The molecule has 1 aromatic carbocycles. The van der Waals surface area contributed by atoms with E-state index in [1.54, 1.807) is 0 Å². The number of nitrogens with zero attached hydrogens (tertiary/aromatic N) is 1. The lowest BCUT2D eigenvalue weighted by atomic mass is 9.82. The Bertz CT molecular complexity index is 370. The predicted molar refractivity (Wildman–Crippen MR) is 69.4 cm³/mol. The molecule has 0 saturated heterocycles. The number of hydrogen-bond acceptors (Lipinski definition) is 2. The molecule has 17 heavy (non-hydrogen) atoms. The summed E-state index contributed by atoms with van der Waals surface area (Å²) < 4.78 is 0. The van der Waals surface area contributed by atoms with Gasteiger partial charge in [-0.1, -0.05) is 51.1 Å². The Morgan fingerprint density at radius 3 is 2.18 bits per heavy atom. The van der Waals surface area contributed by atoms with Crippen molar-refractivity contribution in [3.8, 4) is 0 Å². The van der Waals surface area contributed by atoms with E-state index in [9.17, 15) is 0 Å². The summed E-state index contributed by atoms with van der Waals surface area (Å²) in [5.41, 5.74) is 6.55. The lowest BCUT2D eigenvalue weighted by Crippen LogP contribution is -2.43. The zero-order valence-electron chi connectivity index (χ0n) is 10.9. The van der Waals surface area contributed by atoms with Crippen LogP contribution in [0.2, 0.25) is 0 Å². The summed E-state index contributed by atoms with van der Waals surface area (Å²) in [4.78, 5) is 5.24. The van der Waals surface area contributed by atoms with Gasteiger partial charge in [0.05, 0.1) is 13.2 Å². The highest BCUT2D eigenvalue weighted by atomic mass is 16.7. The van der Waals surface area contributed by atoms with Gasteiger partial charge in [0.1, 0.15) is 0 Å². The molecule has 1 rings (SSSR count). The molecule has 1 unspecified atom stereocenters. The Morgan fingerprint density at radius 2 is 1.82 bits per heavy atom. The van der Waals surface area contributed by atoms with Crippen molar-refractivity contribution in [3.05, 3.63) is 35.9 Å². The Morgan fingerprint density at radius 1 is 1.29 bits per heavy atom. The quantitative estimate of drug-likeness (QED) is 0.481. The first-order chi connectivity index (χ1) is 7.88. The van der Waals surface area contributed by atoms with Crippen LogP contribution < -0.4 is 5.73 Å². The van der Waals surface area contributed by atoms with E-state index in [-0.39, 0.29) is 17.4 Å². The maximum atomic E-state index is 7.59. The number of nitrogens with one attached hydrogen (secondary N) is 1. The summed E-state index contributed by atoms with van der Waals surface area (Å²) in [5, 5.41) is 9.03. The Labute approximate surface area is 103 Å². The molecule has 1 atom stereocenters. The first-order valence-electron chi connectivity index (χ1n) is 5.60. The van der Waals surface area contributed by atoms with E-state index in [4.69, 9.17) is 16.0 Å². The SMILES string of the molecule is CON(C(=N)N)C(c1ccccc1)C(C)(C)C. The van der Waals surface area contributed by atoms with Crippen LogP contribution in [0.25, 0.3) is 0 Å². The molecule has 3 N–H and O–H groups in total. The molecule has 0 heterocycles. The zero-order chi connectivity index (χ0) is 13.1. The van der Waals surface area contributed by atoms with Crippen molar-refractivity contribution in [1.82, 2.24) is 5.06 Å². The van der Waals surface area contributed by atoms with Gasteiger partial charge < -0.3 is 5.73 Å². The predicted octanol–water partition coefficient (Wildman–Crippen LogP) is 2.53. The third kappa shape index (κ3) is 3.20. The number of hydrogen-bond donors (Lipinski definition) is 2. The third-order valence-corrected chi connectivity index (χ3v) is 2.60. The maximum absolute atomic E-state index is 7.59. The lowest BCUT2D eigenvalue weighted by Gasteiger charge is -2.38. The average molecular weight is 235 g/mol. The van der Waals surface area contributed by atoms with E-state index >= 15 is 0 Å². The summed E-state index contributed by atoms with van der Waals surface area (Å²) in [6.45, 7) is 6.29. The topological polar surface area (TPSA) is 62.3 Å². The molecule has 94 valence electrons. The monoisotopic (exact) mass is 235 g/mol. The highest BCUT2D eigenvalue weighted by molar-refractivity contribution is 5.74. The molecule has 0 aromatic heterocycles. The molecule has 0 aliphatic rings. The van der Waals surface area contributed by atoms with Gasteiger partial charge in [-0.05, 0) is 11.0 Å². The molecular formula is C13H21N3O. The van der Waals surface area contributed by atoms with E-state index < -0.39 is 0 Å². The van der Waals surface area contributed by atoms with Gasteiger partial charge in [0.2, 0.25) is 5.96 Å². The maximum Gasteiger partial charge on any atom is 0.213 e. The van der Waals surface area contributed by atoms with Gasteiger partial charge in [0.15, 0.2) is 0 Å². The van der Waals surface area contributed by atoms with Gasteiger partial charge in [-0.25, -0.2) is 5.06 Å². The van der Waals surface area contributed by atoms with E-state index in [0.717, 1.165) is 5.56 Å². The number of guanidine groups is 1. The third-order valence-electron chi connectivity index (χ3n) is 2.60. The van der Waals surface area contributed by atoms with Gasteiger partial charge in [0, 0.05) is 0 Å². The second-order valence-electron chi connectivity index (χ2n) is 5.07. The molecule has 0 saturated carbocycles. The molecule has 0 bridgehead atoms. The van der Waals surface area contributed by atoms with Crippen molar-refractivity contribution >= 4 is 5.96 Å². The number of nitrogens with two attached hydrogens (primary N) is 1. The molecule has 0 fully saturated rings. The highest BCUT2D eigenvalue weighted by Gasteiger charge is 2.33. The molecule has 0 amide bonds.